The molecule has 0 aliphatic carbocycles. The number of carbonyl (C=O) groups excluding carboxylic acids is 1. The molecule has 1 fully saturated rings. The van der Waals surface area contributed by atoms with Gasteiger partial charge in [-0.3, -0.25) is 9.89 Å². The first-order chi connectivity index (χ1) is 7.21. The molecule has 1 saturated heterocycles. The molecule has 0 radical (unpaired) electrons. The minimum Gasteiger partial charge on any atom is -0.349 e. The van der Waals surface area contributed by atoms with E-state index in [0.717, 1.165) is 24.3 Å². The minimum absolute atomic E-state index is 0.139. The van der Waals surface area contributed by atoms with Crippen LogP contribution in [0.5, 0.6) is 0 Å². The maximum atomic E-state index is 11.9. The molecule has 2 N–H and O–H groups in total. The summed E-state index contributed by atoms with van der Waals surface area (Å²) in [6.07, 6.45) is 3.80. The molecule has 1 aliphatic heterocycles. The molecule has 1 aromatic heterocycles. The van der Waals surface area contributed by atoms with Crippen LogP contribution in [-0.4, -0.2) is 26.6 Å². The van der Waals surface area contributed by atoms with Gasteiger partial charge in [-0.1, -0.05) is 0 Å². The second-order valence-corrected chi connectivity index (χ2v) is 5.55. The highest BCUT2D eigenvalue weighted by Crippen LogP contribution is 2.37. The molecule has 2 heterocycles. The third-order valence-electron chi connectivity index (χ3n) is 2.70. The van der Waals surface area contributed by atoms with Crippen molar-refractivity contribution in [2.75, 3.05) is 5.75 Å². The average Bonchev–Trinajstić information content (AvgIpc) is 2.85. The summed E-state index contributed by atoms with van der Waals surface area (Å²) in [6, 6.07) is 1.87. The van der Waals surface area contributed by atoms with Gasteiger partial charge in [0.05, 0.1) is 17.0 Å². The Morgan fingerprint density at radius 2 is 2.67 bits per heavy atom. The van der Waals surface area contributed by atoms with Crippen LogP contribution in [0.25, 0.3) is 0 Å². The standard InChI is InChI=1S/C10H15N3OS/c1-10(4-2-6-15-10)9(14)11-7-8-3-5-12-13-8/h3,5H,2,4,6-7H2,1H3,(H,11,14)(H,12,13). The van der Waals surface area contributed by atoms with E-state index in [9.17, 15) is 4.79 Å². The van der Waals surface area contributed by atoms with Crippen LogP contribution in [0, 0.1) is 0 Å². The molecule has 1 aliphatic rings. The Labute approximate surface area is 93.2 Å². The first-order valence-electron chi connectivity index (χ1n) is 5.11. The number of thioether (sulfide) groups is 1. The predicted molar refractivity (Wildman–Crippen MR) is 60.5 cm³/mol. The number of nitrogens with zero attached hydrogens (tertiary/aromatic N) is 1. The second kappa shape index (κ2) is 4.26. The number of H-pyrrole nitrogens is 1. The molecule has 15 heavy (non-hydrogen) atoms. The summed E-state index contributed by atoms with van der Waals surface area (Å²) < 4.78 is -0.222. The van der Waals surface area contributed by atoms with Crippen molar-refractivity contribution in [3.63, 3.8) is 0 Å². The van der Waals surface area contributed by atoms with E-state index in [4.69, 9.17) is 0 Å². The number of aromatic amines is 1. The van der Waals surface area contributed by atoms with Crippen molar-refractivity contribution in [1.82, 2.24) is 15.5 Å². The van der Waals surface area contributed by atoms with Gasteiger partial charge < -0.3 is 5.32 Å². The van der Waals surface area contributed by atoms with Crippen molar-refractivity contribution in [3.8, 4) is 0 Å². The topological polar surface area (TPSA) is 57.8 Å². The normalized spacial score (nSPS) is 25.4. The van der Waals surface area contributed by atoms with Crippen molar-refractivity contribution >= 4 is 17.7 Å². The van der Waals surface area contributed by atoms with Gasteiger partial charge in [-0.15, -0.1) is 11.8 Å². The number of carbonyl (C=O) groups is 1. The minimum atomic E-state index is -0.222. The van der Waals surface area contributed by atoms with Gasteiger partial charge in [0.2, 0.25) is 5.91 Å². The van der Waals surface area contributed by atoms with Gasteiger partial charge in [0.15, 0.2) is 0 Å². The lowest BCUT2D eigenvalue weighted by Crippen LogP contribution is -2.39. The van der Waals surface area contributed by atoms with E-state index in [0.29, 0.717) is 6.54 Å². The fourth-order valence-electron chi connectivity index (χ4n) is 1.70. The lowest BCUT2D eigenvalue weighted by atomic mass is 10.1. The van der Waals surface area contributed by atoms with E-state index in [1.54, 1.807) is 18.0 Å². The summed E-state index contributed by atoms with van der Waals surface area (Å²) >= 11 is 1.75. The highest BCUT2D eigenvalue weighted by Gasteiger charge is 2.36. The highest BCUT2D eigenvalue weighted by atomic mass is 32.2. The molecular formula is C10H15N3OS. The van der Waals surface area contributed by atoms with Crippen LogP contribution < -0.4 is 5.32 Å². The number of rotatable bonds is 3. The largest absolute Gasteiger partial charge is 0.349 e. The van der Waals surface area contributed by atoms with Crippen molar-refractivity contribution in [2.24, 2.45) is 0 Å². The molecule has 0 saturated carbocycles. The molecule has 1 amide bonds. The molecule has 1 unspecified atom stereocenters. The number of hydrogen-bond donors (Lipinski definition) is 2. The quantitative estimate of drug-likeness (QED) is 0.815. The van der Waals surface area contributed by atoms with E-state index in [2.05, 4.69) is 15.5 Å². The van der Waals surface area contributed by atoms with Crippen LogP contribution in [-0.2, 0) is 11.3 Å². The van der Waals surface area contributed by atoms with Crippen LogP contribution in [0.1, 0.15) is 25.5 Å². The Morgan fingerprint density at radius 3 is 3.27 bits per heavy atom. The Kier molecular flexibility index (Phi) is 3.00. The van der Waals surface area contributed by atoms with Gasteiger partial charge in [0.25, 0.3) is 0 Å². The molecule has 1 aromatic rings. The van der Waals surface area contributed by atoms with Crippen molar-refractivity contribution in [2.45, 2.75) is 31.1 Å². The van der Waals surface area contributed by atoms with Crippen LogP contribution in [0.3, 0.4) is 0 Å². The maximum absolute atomic E-state index is 11.9. The van der Waals surface area contributed by atoms with Crippen molar-refractivity contribution < 1.29 is 4.79 Å². The molecule has 2 rings (SSSR count). The summed E-state index contributed by atoms with van der Waals surface area (Å²) in [5.41, 5.74) is 0.940. The van der Waals surface area contributed by atoms with Gasteiger partial charge in [-0.25, -0.2) is 0 Å². The van der Waals surface area contributed by atoms with Gasteiger partial charge in [0.1, 0.15) is 0 Å². The second-order valence-electron chi connectivity index (χ2n) is 3.95. The molecule has 4 nitrogen and oxygen atoms in total. The van der Waals surface area contributed by atoms with Gasteiger partial charge >= 0.3 is 0 Å². The van der Waals surface area contributed by atoms with Crippen LogP contribution >= 0.6 is 11.8 Å². The molecule has 0 spiro atoms. The lowest BCUT2D eigenvalue weighted by Gasteiger charge is -2.21. The summed E-state index contributed by atoms with van der Waals surface area (Å²) in [5.74, 6) is 1.23. The average molecular weight is 225 g/mol. The Morgan fingerprint density at radius 1 is 1.80 bits per heavy atom. The predicted octanol–water partition coefficient (Wildman–Crippen LogP) is 1.31. The van der Waals surface area contributed by atoms with Crippen molar-refractivity contribution in [3.05, 3.63) is 18.0 Å². The molecule has 0 aromatic carbocycles. The maximum Gasteiger partial charge on any atom is 0.236 e. The van der Waals surface area contributed by atoms with Crippen molar-refractivity contribution in [1.29, 1.82) is 0 Å². The fraction of sp³-hybridized carbons (Fsp3) is 0.600. The fourth-order valence-corrected chi connectivity index (χ4v) is 2.93. The van der Waals surface area contributed by atoms with Crippen LogP contribution in [0.15, 0.2) is 12.3 Å². The zero-order chi connectivity index (χ0) is 10.7. The first kappa shape index (κ1) is 10.5. The Balaban J connectivity index is 1.87. The lowest BCUT2D eigenvalue weighted by molar-refractivity contribution is -0.123. The van der Waals surface area contributed by atoms with E-state index < -0.39 is 0 Å². The molecule has 1 atom stereocenters. The van der Waals surface area contributed by atoms with E-state index in [1.165, 1.54) is 0 Å². The smallest absolute Gasteiger partial charge is 0.236 e. The van der Waals surface area contributed by atoms with Crippen LogP contribution in [0.4, 0.5) is 0 Å². The summed E-state index contributed by atoms with van der Waals surface area (Å²) in [6.45, 7) is 2.56. The number of hydrogen-bond acceptors (Lipinski definition) is 3. The monoisotopic (exact) mass is 225 g/mol. The first-order valence-corrected chi connectivity index (χ1v) is 6.10. The SMILES string of the molecule is CC1(C(=O)NCc2ccn[nH]2)CCCS1. The summed E-state index contributed by atoms with van der Waals surface area (Å²) in [7, 11) is 0. The third kappa shape index (κ3) is 2.34. The van der Waals surface area contributed by atoms with E-state index in [1.807, 2.05) is 13.0 Å². The van der Waals surface area contributed by atoms with E-state index in [-0.39, 0.29) is 10.7 Å². The number of aromatic nitrogens is 2. The summed E-state index contributed by atoms with van der Waals surface area (Å²) in [4.78, 5) is 11.9. The zero-order valence-electron chi connectivity index (χ0n) is 8.75. The summed E-state index contributed by atoms with van der Waals surface area (Å²) in [5, 5.41) is 9.59. The molecule has 82 valence electrons. The third-order valence-corrected chi connectivity index (χ3v) is 4.22. The Hall–Kier alpha value is -0.970. The van der Waals surface area contributed by atoms with Gasteiger partial charge in [0, 0.05) is 6.20 Å². The highest BCUT2D eigenvalue weighted by molar-refractivity contribution is 8.01. The van der Waals surface area contributed by atoms with Crippen LogP contribution in [0.2, 0.25) is 0 Å². The molecular weight excluding hydrogens is 210 g/mol. The van der Waals surface area contributed by atoms with Gasteiger partial charge in [-0.05, 0) is 31.6 Å². The molecule has 0 bridgehead atoms. The molecule has 5 heteroatoms. The number of nitrogens with one attached hydrogen (secondary N) is 2. The van der Waals surface area contributed by atoms with E-state index >= 15 is 0 Å². The number of amides is 1. The van der Waals surface area contributed by atoms with Gasteiger partial charge in [-0.2, -0.15) is 5.10 Å². The zero-order valence-corrected chi connectivity index (χ0v) is 9.56. The Bertz CT molecular complexity index is 330.